The monoisotopic (exact) mass is 255 g/mol. The Hall–Kier alpha value is -2.29. The van der Waals surface area contributed by atoms with Gasteiger partial charge in [0.25, 0.3) is 5.91 Å². The molecule has 2 aromatic rings. The molecule has 2 aromatic carbocycles. The van der Waals surface area contributed by atoms with Gasteiger partial charge in [-0.25, -0.2) is 0 Å². The number of aromatic hydroxyl groups is 1. The van der Waals surface area contributed by atoms with Crippen molar-refractivity contribution in [2.45, 2.75) is 6.42 Å². The summed E-state index contributed by atoms with van der Waals surface area (Å²) >= 11 is 0. The van der Waals surface area contributed by atoms with E-state index in [4.69, 9.17) is 0 Å². The van der Waals surface area contributed by atoms with E-state index in [1.54, 1.807) is 30.1 Å². The Bertz CT molecular complexity index is 552. The molecule has 1 N–H and O–H groups in total. The van der Waals surface area contributed by atoms with Gasteiger partial charge in [-0.1, -0.05) is 36.4 Å². The Balaban J connectivity index is 1.96. The van der Waals surface area contributed by atoms with E-state index in [1.165, 1.54) is 11.6 Å². The summed E-state index contributed by atoms with van der Waals surface area (Å²) in [6.07, 6.45) is 0.821. The highest BCUT2D eigenvalue weighted by molar-refractivity contribution is 5.94. The molecule has 0 saturated carbocycles. The minimum absolute atomic E-state index is 0.0770. The van der Waals surface area contributed by atoms with Crippen LogP contribution in [0, 0.1) is 0 Å². The number of benzene rings is 2. The molecule has 0 aromatic heterocycles. The van der Waals surface area contributed by atoms with Crippen LogP contribution in [0.2, 0.25) is 0 Å². The molecule has 0 spiro atoms. The lowest BCUT2D eigenvalue weighted by Gasteiger charge is -2.17. The van der Waals surface area contributed by atoms with Crippen molar-refractivity contribution in [1.29, 1.82) is 0 Å². The molecule has 0 fully saturated rings. The predicted octanol–water partition coefficient (Wildman–Crippen LogP) is 2.71. The van der Waals surface area contributed by atoms with E-state index >= 15 is 0 Å². The number of carbonyl (C=O) groups is 1. The third-order valence-corrected chi connectivity index (χ3v) is 3.02. The van der Waals surface area contributed by atoms with Gasteiger partial charge in [0.05, 0.1) is 0 Å². The van der Waals surface area contributed by atoms with E-state index < -0.39 is 0 Å². The quantitative estimate of drug-likeness (QED) is 0.912. The number of likely N-dealkylation sites (N-methyl/N-ethyl adjacent to an activating group) is 1. The fourth-order valence-corrected chi connectivity index (χ4v) is 1.90. The number of phenolic OH excluding ortho intramolecular Hbond substituents is 1. The normalized spacial score (nSPS) is 10.2. The molecule has 0 unspecified atom stereocenters. The van der Waals surface area contributed by atoms with Gasteiger partial charge in [0.15, 0.2) is 0 Å². The summed E-state index contributed by atoms with van der Waals surface area (Å²) in [4.78, 5) is 13.8. The molecule has 0 heterocycles. The summed E-state index contributed by atoms with van der Waals surface area (Å²) < 4.78 is 0. The summed E-state index contributed by atoms with van der Waals surface area (Å²) in [5.74, 6) is 0.0362. The van der Waals surface area contributed by atoms with Gasteiger partial charge in [0.2, 0.25) is 0 Å². The van der Waals surface area contributed by atoms with E-state index in [9.17, 15) is 9.90 Å². The molecule has 0 aliphatic rings. The first-order valence-electron chi connectivity index (χ1n) is 6.25. The van der Waals surface area contributed by atoms with Crippen LogP contribution in [-0.4, -0.2) is 29.5 Å². The zero-order chi connectivity index (χ0) is 13.7. The molecule has 98 valence electrons. The second-order valence-corrected chi connectivity index (χ2v) is 4.51. The van der Waals surface area contributed by atoms with Crippen LogP contribution in [0.25, 0.3) is 0 Å². The second kappa shape index (κ2) is 6.05. The van der Waals surface area contributed by atoms with Gasteiger partial charge >= 0.3 is 0 Å². The Labute approximate surface area is 113 Å². The largest absolute Gasteiger partial charge is 0.508 e. The van der Waals surface area contributed by atoms with E-state index in [1.807, 2.05) is 30.3 Å². The van der Waals surface area contributed by atoms with Gasteiger partial charge in [0, 0.05) is 19.2 Å². The van der Waals surface area contributed by atoms with Crippen molar-refractivity contribution in [3.8, 4) is 5.75 Å². The molecule has 1 amide bonds. The molecule has 19 heavy (non-hydrogen) atoms. The van der Waals surface area contributed by atoms with Crippen LogP contribution in [0.5, 0.6) is 5.75 Å². The van der Waals surface area contributed by atoms with Crippen molar-refractivity contribution >= 4 is 5.91 Å². The first-order valence-corrected chi connectivity index (χ1v) is 6.25. The smallest absolute Gasteiger partial charge is 0.253 e. The molecule has 0 radical (unpaired) electrons. The summed E-state index contributed by atoms with van der Waals surface area (Å²) in [6, 6.07) is 16.5. The summed E-state index contributed by atoms with van der Waals surface area (Å²) in [7, 11) is 1.77. The van der Waals surface area contributed by atoms with Crippen molar-refractivity contribution in [3.05, 3.63) is 65.7 Å². The Morgan fingerprint density at radius 1 is 1.11 bits per heavy atom. The molecule has 3 nitrogen and oxygen atoms in total. The number of nitrogens with zero attached hydrogens (tertiary/aromatic N) is 1. The SMILES string of the molecule is CN(CCc1ccccc1)C(=O)c1cccc(O)c1. The Morgan fingerprint density at radius 3 is 2.53 bits per heavy atom. The van der Waals surface area contributed by atoms with E-state index in [0.29, 0.717) is 12.1 Å². The van der Waals surface area contributed by atoms with Gasteiger partial charge in [-0.15, -0.1) is 0 Å². The summed E-state index contributed by atoms with van der Waals surface area (Å²) in [5, 5.41) is 9.38. The van der Waals surface area contributed by atoms with Gasteiger partial charge in [-0.05, 0) is 30.2 Å². The van der Waals surface area contributed by atoms with Gasteiger partial charge in [-0.2, -0.15) is 0 Å². The molecule has 0 aliphatic carbocycles. The van der Waals surface area contributed by atoms with Crippen LogP contribution in [0.4, 0.5) is 0 Å². The summed E-state index contributed by atoms with van der Waals surface area (Å²) in [6.45, 7) is 0.651. The standard InChI is InChI=1S/C16H17NO2/c1-17(11-10-13-6-3-2-4-7-13)16(19)14-8-5-9-15(18)12-14/h2-9,12,18H,10-11H2,1H3. The maximum absolute atomic E-state index is 12.1. The number of hydrogen-bond acceptors (Lipinski definition) is 2. The minimum atomic E-state index is -0.0770. The highest BCUT2D eigenvalue weighted by Crippen LogP contribution is 2.12. The third-order valence-electron chi connectivity index (χ3n) is 3.02. The minimum Gasteiger partial charge on any atom is -0.508 e. The van der Waals surface area contributed by atoms with E-state index in [0.717, 1.165) is 6.42 Å². The lowest BCUT2D eigenvalue weighted by molar-refractivity contribution is 0.0796. The maximum atomic E-state index is 12.1. The second-order valence-electron chi connectivity index (χ2n) is 4.51. The zero-order valence-electron chi connectivity index (χ0n) is 10.9. The molecular formula is C16H17NO2. The highest BCUT2D eigenvalue weighted by atomic mass is 16.3. The number of carbonyl (C=O) groups excluding carboxylic acids is 1. The number of phenols is 1. The molecule has 0 atom stereocenters. The van der Waals surface area contributed by atoms with Gasteiger partial charge in [0.1, 0.15) is 5.75 Å². The Morgan fingerprint density at radius 2 is 1.84 bits per heavy atom. The van der Waals surface area contributed by atoms with Crippen LogP contribution in [0.1, 0.15) is 15.9 Å². The van der Waals surface area contributed by atoms with Crippen molar-refractivity contribution < 1.29 is 9.90 Å². The first-order chi connectivity index (χ1) is 9.16. The van der Waals surface area contributed by atoms with Crippen LogP contribution < -0.4 is 0 Å². The van der Waals surface area contributed by atoms with Crippen molar-refractivity contribution in [2.24, 2.45) is 0 Å². The maximum Gasteiger partial charge on any atom is 0.253 e. The van der Waals surface area contributed by atoms with Crippen LogP contribution in [0.15, 0.2) is 54.6 Å². The van der Waals surface area contributed by atoms with Crippen LogP contribution in [0.3, 0.4) is 0 Å². The Kier molecular flexibility index (Phi) is 4.18. The molecule has 0 aliphatic heterocycles. The summed E-state index contributed by atoms with van der Waals surface area (Å²) in [5.41, 5.74) is 1.72. The lowest BCUT2D eigenvalue weighted by Crippen LogP contribution is -2.28. The average Bonchev–Trinajstić information content (AvgIpc) is 2.45. The molecule has 2 rings (SSSR count). The van der Waals surface area contributed by atoms with Crippen molar-refractivity contribution in [1.82, 2.24) is 4.90 Å². The van der Waals surface area contributed by atoms with Gasteiger partial charge in [-0.3, -0.25) is 4.79 Å². The number of rotatable bonds is 4. The van der Waals surface area contributed by atoms with Crippen LogP contribution >= 0.6 is 0 Å². The molecule has 3 heteroatoms. The van der Waals surface area contributed by atoms with Crippen molar-refractivity contribution in [2.75, 3.05) is 13.6 Å². The lowest BCUT2D eigenvalue weighted by atomic mass is 10.1. The number of amides is 1. The fraction of sp³-hybridized carbons (Fsp3) is 0.188. The topological polar surface area (TPSA) is 40.5 Å². The van der Waals surface area contributed by atoms with E-state index in [-0.39, 0.29) is 11.7 Å². The third kappa shape index (κ3) is 3.58. The fourth-order valence-electron chi connectivity index (χ4n) is 1.90. The van der Waals surface area contributed by atoms with Crippen molar-refractivity contribution in [3.63, 3.8) is 0 Å². The van der Waals surface area contributed by atoms with Crippen LogP contribution in [-0.2, 0) is 6.42 Å². The molecule has 0 bridgehead atoms. The van der Waals surface area contributed by atoms with E-state index in [2.05, 4.69) is 0 Å². The highest BCUT2D eigenvalue weighted by Gasteiger charge is 2.11. The first kappa shape index (κ1) is 13.1. The molecule has 0 saturated heterocycles. The zero-order valence-corrected chi connectivity index (χ0v) is 10.9. The molecular weight excluding hydrogens is 238 g/mol. The predicted molar refractivity (Wildman–Crippen MR) is 75.2 cm³/mol. The van der Waals surface area contributed by atoms with Gasteiger partial charge < -0.3 is 10.0 Å². The number of hydrogen-bond donors (Lipinski definition) is 1. The average molecular weight is 255 g/mol.